The normalized spacial score (nSPS) is 11.1. The summed E-state index contributed by atoms with van der Waals surface area (Å²) >= 11 is 1.68. The van der Waals surface area contributed by atoms with E-state index in [-0.39, 0.29) is 0 Å². The number of aromatic nitrogens is 3. The predicted octanol–water partition coefficient (Wildman–Crippen LogP) is 4.64. The summed E-state index contributed by atoms with van der Waals surface area (Å²) < 4.78 is 7.35. The molecular formula is C22H22N4OS. The number of hydrogen-bond acceptors (Lipinski definition) is 5. The minimum Gasteiger partial charge on any atom is -0.497 e. The van der Waals surface area contributed by atoms with Gasteiger partial charge < -0.3 is 4.74 Å². The maximum absolute atomic E-state index is 5.41. The van der Waals surface area contributed by atoms with Crippen LogP contribution in [0.4, 0.5) is 0 Å². The van der Waals surface area contributed by atoms with Crippen molar-refractivity contribution >= 4 is 11.3 Å². The van der Waals surface area contributed by atoms with Crippen LogP contribution in [0, 0.1) is 0 Å². The number of benzene rings is 2. The Morgan fingerprint density at radius 1 is 1.07 bits per heavy atom. The summed E-state index contributed by atoms with van der Waals surface area (Å²) in [5.74, 6) is 0.828. The van der Waals surface area contributed by atoms with Crippen LogP contribution in [0.15, 0.2) is 72.4 Å². The molecule has 2 aromatic heterocycles. The minimum absolute atomic E-state index is 0.777. The van der Waals surface area contributed by atoms with Crippen molar-refractivity contribution in [1.82, 2.24) is 19.7 Å². The molecule has 0 saturated carbocycles. The first-order chi connectivity index (χ1) is 13.7. The largest absolute Gasteiger partial charge is 0.497 e. The highest BCUT2D eigenvalue weighted by Gasteiger charge is 2.15. The first kappa shape index (κ1) is 18.4. The van der Waals surface area contributed by atoms with Crippen molar-refractivity contribution in [3.05, 3.63) is 82.9 Å². The number of rotatable bonds is 7. The van der Waals surface area contributed by atoms with Gasteiger partial charge in [0.2, 0.25) is 0 Å². The SMILES string of the molecule is COc1cccc(-c2nn(-c3ccccc3)cc2CN(C)Cc2nccs2)c1. The molecule has 0 fully saturated rings. The number of ether oxygens (including phenoxy) is 1. The monoisotopic (exact) mass is 390 g/mol. The second kappa shape index (κ2) is 8.37. The molecule has 0 spiro atoms. The Balaban J connectivity index is 1.69. The van der Waals surface area contributed by atoms with E-state index in [1.807, 2.05) is 52.7 Å². The van der Waals surface area contributed by atoms with E-state index in [0.717, 1.165) is 46.4 Å². The number of thiazole rings is 1. The summed E-state index contributed by atoms with van der Waals surface area (Å²) in [6, 6.07) is 18.2. The molecule has 6 heteroatoms. The molecule has 0 N–H and O–H groups in total. The zero-order valence-corrected chi connectivity index (χ0v) is 16.8. The molecule has 0 aliphatic rings. The van der Waals surface area contributed by atoms with Gasteiger partial charge in [-0.25, -0.2) is 9.67 Å². The Hall–Kier alpha value is -2.96. The van der Waals surface area contributed by atoms with Crippen LogP contribution < -0.4 is 4.74 Å². The fraction of sp³-hybridized carbons (Fsp3) is 0.182. The molecule has 0 bridgehead atoms. The summed E-state index contributed by atoms with van der Waals surface area (Å²) in [6.45, 7) is 1.59. The average Bonchev–Trinajstić information content (AvgIpc) is 3.39. The van der Waals surface area contributed by atoms with E-state index in [2.05, 4.69) is 41.3 Å². The van der Waals surface area contributed by atoms with Gasteiger partial charge in [0.05, 0.1) is 25.0 Å². The lowest BCUT2D eigenvalue weighted by atomic mass is 10.1. The predicted molar refractivity (Wildman–Crippen MR) is 113 cm³/mol. The highest BCUT2D eigenvalue weighted by atomic mass is 32.1. The molecule has 142 valence electrons. The fourth-order valence-corrected chi connectivity index (χ4v) is 3.86. The van der Waals surface area contributed by atoms with Crippen LogP contribution >= 0.6 is 11.3 Å². The third-order valence-electron chi connectivity index (χ3n) is 4.48. The van der Waals surface area contributed by atoms with E-state index in [9.17, 15) is 0 Å². The van der Waals surface area contributed by atoms with Gasteiger partial charge >= 0.3 is 0 Å². The molecule has 0 unspecified atom stereocenters. The molecule has 0 radical (unpaired) electrons. The van der Waals surface area contributed by atoms with E-state index in [1.54, 1.807) is 18.4 Å². The standard InChI is InChI=1S/C22H22N4OS/c1-25(16-21-23-11-12-28-21)14-18-15-26(19-8-4-3-5-9-19)24-22(18)17-7-6-10-20(13-17)27-2/h3-13,15H,14,16H2,1-2H3. The van der Waals surface area contributed by atoms with Gasteiger partial charge in [0, 0.05) is 35.4 Å². The number of hydrogen-bond donors (Lipinski definition) is 0. The highest BCUT2D eigenvalue weighted by Crippen LogP contribution is 2.28. The van der Waals surface area contributed by atoms with Crippen LogP contribution in [-0.4, -0.2) is 33.8 Å². The smallest absolute Gasteiger partial charge is 0.119 e. The molecule has 0 atom stereocenters. The summed E-state index contributed by atoms with van der Waals surface area (Å²) in [5.41, 5.74) is 4.22. The molecule has 28 heavy (non-hydrogen) atoms. The molecule has 4 rings (SSSR count). The van der Waals surface area contributed by atoms with Crippen molar-refractivity contribution in [2.45, 2.75) is 13.1 Å². The summed E-state index contributed by atoms with van der Waals surface area (Å²) in [5, 5.41) is 8.02. The topological polar surface area (TPSA) is 43.2 Å². The van der Waals surface area contributed by atoms with E-state index in [1.165, 1.54) is 0 Å². The van der Waals surface area contributed by atoms with E-state index in [0.29, 0.717) is 0 Å². The fourth-order valence-electron chi connectivity index (χ4n) is 3.16. The highest BCUT2D eigenvalue weighted by molar-refractivity contribution is 7.09. The Kier molecular flexibility index (Phi) is 5.50. The molecule has 0 saturated heterocycles. The Morgan fingerprint density at radius 2 is 1.93 bits per heavy atom. The van der Waals surface area contributed by atoms with Gasteiger partial charge in [-0.2, -0.15) is 5.10 Å². The third kappa shape index (κ3) is 4.13. The number of methoxy groups -OCH3 is 1. The molecule has 0 amide bonds. The van der Waals surface area contributed by atoms with E-state index < -0.39 is 0 Å². The van der Waals surface area contributed by atoms with Crippen LogP contribution in [0.5, 0.6) is 5.75 Å². The van der Waals surface area contributed by atoms with Gasteiger partial charge in [0.25, 0.3) is 0 Å². The van der Waals surface area contributed by atoms with Gasteiger partial charge in [-0.05, 0) is 31.3 Å². The molecule has 2 heterocycles. The lowest BCUT2D eigenvalue weighted by Crippen LogP contribution is -2.17. The maximum atomic E-state index is 5.41. The van der Waals surface area contributed by atoms with Crippen molar-refractivity contribution in [2.24, 2.45) is 0 Å². The first-order valence-corrected chi connectivity index (χ1v) is 9.96. The minimum atomic E-state index is 0.777. The number of nitrogens with zero attached hydrogens (tertiary/aromatic N) is 4. The average molecular weight is 391 g/mol. The molecule has 5 nitrogen and oxygen atoms in total. The van der Waals surface area contributed by atoms with Gasteiger partial charge in [-0.1, -0.05) is 30.3 Å². The van der Waals surface area contributed by atoms with Gasteiger partial charge in [-0.15, -0.1) is 11.3 Å². The van der Waals surface area contributed by atoms with Crippen molar-refractivity contribution in [3.63, 3.8) is 0 Å². The Bertz CT molecular complexity index is 1030. The maximum Gasteiger partial charge on any atom is 0.119 e. The van der Waals surface area contributed by atoms with Gasteiger partial charge in [0.15, 0.2) is 0 Å². The van der Waals surface area contributed by atoms with Crippen LogP contribution in [0.2, 0.25) is 0 Å². The zero-order valence-electron chi connectivity index (χ0n) is 15.9. The van der Waals surface area contributed by atoms with Crippen molar-refractivity contribution in [1.29, 1.82) is 0 Å². The van der Waals surface area contributed by atoms with Gasteiger partial charge in [-0.3, -0.25) is 4.90 Å². The van der Waals surface area contributed by atoms with Crippen molar-refractivity contribution in [2.75, 3.05) is 14.2 Å². The summed E-state index contributed by atoms with van der Waals surface area (Å²) in [6.07, 6.45) is 3.96. The Morgan fingerprint density at radius 3 is 2.68 bits per heavy atom. The first-order valence-electron chi connectivity index (χ1n) is 9.08. The summed E-state index contributed by atoms with van der Waals surface area (Å²) in [7, 11) is 3.79. The van der Waals surface area contributed by atoms with E-state index in [4.69, 9.17) is 9.84 Å². The summed E-state index contributed by atoms with van der Waals surface area (Å²) in [4.78, 5) is 6.65. The molecular weight excluding hydrogens is 368 g/mol. The van der Waals surface area contributed by atoms with Gasteiger partial charge in [0.1, 0.15) is 10.8 Å². The van der Waals surface area contributed by atoms with Crippen LogP contribution in [0.1, 0.15) is 10.6 Å². The lowest BCUT2D eigenvalue weighted by molar-refractivity contribution is 0.319. The second-order valence-corrected chi connectivity index (χ2v) is 7.59. The van der Waals surface area contributed by atoms with Crippen molar-refractivity contribution in [3.8, 4) is 22.7 Å². The van der Waals surface area contributed by atoms with Crippen LogP contribution in [0.25, 0.3) is 16.9 Å². The second-order valence-electron chi connectivity index (χ2n) is 6.61. The van der Waals surface area contributed by atoms with Crippen LogP contribution in [-0.2, 0) is 13.1 Å². The lowest BCUT2D eigenvalue weighted by Gasteiger charge is -2.15. The quantitative estimate of drug-likeness (QED) is 0.461. The molecule has 0 aliphatic heterocycles. The number of para-hydroxylation sites is 1. The van der Waals surface area contributed by atoms with Crippen molar-refractivity contribution < 1.29 is 4.74 Å². The molecule has 0 aliphatic carbocycles. The molecule has 4 aromatic rings. The Labute approximate surface area is 168 Å². The zero-order chi connectivity index (χ0) is 19.3. The third-order valence-corrected chi connectivity index (χ3v) is 5.25. The van der Waals surface area contributed by atoms with Crippen LogP contribution in [0.3, 0.4) is 0 Å². The van der Waals surface area contributed by atoms with E-state index >= 15 is 0 Å². The molecule has 2 aromatic carbocycles.